The molecule has 8 aromatic rings. The Balaban J connectivity index is 0.000000196. The minimum atomic E-state index is -4.58. The predicted octanol–water partition coefficient (Wildman–Crippen LogP) is 9.33. The van der Waals surface area contributed by atoms with Gasteiger partial charge in [-0.3, -0.25) is 19.6 Å². The molecule has 0 aliphatic carbocycles. The van der Waals surface area contributed by atoms with Gasteiger partial charge >= 0.3 is 12.4 Å². The molecule has 2 atom stereocenters. The summed E-state index contributed by atoms with van der Waals surface area (Å²) in [6.07, 6.45) is 2.73. The molecule has 6 aromatic heterocycles. The van der Waals surface area contributed by atoms with Gasteiger partial charge < -0.3 is 30.4 Å². The van der Waals surface area contributed by atoms with Crippen molar-refractivity contribution in [3.05, 3.63) is 142 Å². The van der Waals surface area contributed by atoms with Crippen LogP contribution in [-0.4, -0.2) is 60.8 Å². The van der Waals surface area contributed by atoms with Gasteiger partial charge in [0.05, 0.1) is 106 Å². The number of amides is 2. The van der Waals surface area contributed by atoms with E-state index in [0.29, 0.717) is 22.4 Å². The summed E-state index contributed by atoms with van der Waals surface area (Å²) in [5.74, 6) is -0.321. The van der Waals surface area contributed by atoms with Crippen LogP contribution >= 0.6 is 23.2 Å². The molecule has 0 unspecified atom stereocenters. The molecule has 66 heavy (non-hydrogen) atoms. The number of carbonyl (C=O) groups excluding carboxylic acids is 2. The first-order valence-electron chi connectivity index (χ1n) is 19.3. The fourth-order valence-electron chi connectivity index (χ4n) is 6.19. The van der Waals surface area contributed by atoms with E-state index in [2.05, 4.69) is 61.1 Å². The first-order valence-corrected chi connectivity index (χ1v) is 20.1. The maximum Gasteiger partial charge on any atom is 0.417 e. The number of benzene rings is 2. The summed E-state index contributed by atoms with van der Waals surface area (Å²) in [5.41, 5.74) is 2.70. The summed E-state index contributed by atoms with van der Waals surface area (Å²) in [5, 5.41) is 10.3. The smallest absolute Gasteiger partial charge is 0.343 e. The van der Waals surface area contributed by atoms with Gasteiger partial charge in [-0.15, -0.1) is 0 Å². The van der Waals surface area contributed by atoms with Crippen LogP contribution in [0.2, 0.25) is 10.0 Å². The summed E-state index contributed by atoms with van der Waals surface area (Å²) >= 11 is 11.3. The molecular formula is C42H34Cl2F6N14O2. The van der Waals surface area contributed by atoms with E-state index in [0.717, 1.165) is 35.3 Å². The van der Waals surface area contributed by atoms with E-state index in [4.69, 9.17) is 23.2 Å². The third kappa shape index (κ3) is 10.9. The van der Waals surface area contributed by atoms with Gasteiger partial charge in [0.2, 0.25) is 0 Å². The number of hydrogen-bond donors (Lipinski definition) is 4. The summed E-state index contributed by atoms with van der Waals surface area (Å²) in [7, 11) is 3.64. The van der Waals surface area contributed by atoms with E-state index >= 15 is 0 Å². The third-order valence-corrected chi connectivity index (χ3v) is 10.4. The number of aryl methyl sites for hydroxylation is 2. The molecule has 6 heterocycles. The van der Waals surface area contributed by atoms with E-state index < -0.39 is 57.4 Å². The number of carbonyl (C=O) groups is 2. The van der Waals surface area contributed by atoms with Gasteiger partial charge in [0.1, 0.15) is 34.1 Å². The van der Waals surface area contributed by atoms with Crippen LogP contribution in [0.5, 0.6) is 0 Å². The number of fused-ring (bicyclic) bond motifs is 2. The zero-order valence-electron chi connectivity index (χ0n) is 34.7. The molecule has 0 saturated carbocycles. The van der Waals surface area contributed by atoms with Crippen molar-refractivity contribution in [3.8, 4) is 0 Å². The molecule has 0 saturated heterocycles. The van der Waals surface area contributed by atoms with Crippen molar-refractivity contribution in [2.75, 3.05) is 10.6 Å². The lowest BCUT2D eigenvalue weighted by molar-refractivity contribution is -0.138. The molecule has 2 amide bonds. The van der Waals surface area contributed by atoms with Crippen LogP contribution in [0.4, 0.5) is 49.4 Å². The summed E-state index contributed by atoms with van der Waals surface area (Å²) < 4.78 is 81.8. The van der Waals surface area contributed by atoms with Crippen molar-refractivity contribution in [2.45, 2.75) is 38.3 Å². The number of alkyl halides is 6. The highest BCUT2D eigenvalue weighted by Gasteiger charge is 2.34. The Kier molecular flexibility index (Phi) is 13.4. The molecule has 0 aliphatic rings. The molecule has 8 rings (SSSR count). The van der Waals surface area contributed by atoms with Crippen molar-refractivity contribution < 1.29 is 35.9 Å². The topological polar surface area (TPSA) is 195 Å². The molecule has 0 aliphatic heterocycles. The minimum absolute atomic E-state index is 0.159. The number of pyridine rings is 2. The SMILES string of the molecule is C[C@@H](NC(=O)c1cc2c(cn1)ncn2C)c1cnc(Nc2ccc(Cl)c(C(F)(F)F)c2)cn1.C[C@H](NC(=O)c1cc2c(cn1)ncn2C)c1cnc(Nc2ccc(Cl)c(C(F)(F)F)c2)cn1. The van der Waals surface area contributed by atoms with Gasteiger partial charge in [0.25, 0.3) is 11.8 Å². The van der Waals surface area contributed by atoms with Gasteiger partial charge in [0.15, 0.2) is 0 Å². The first kappa shape index (κ1) is 46.5. The summed E-state index contributed by atoms with van der Waals surface area (Å²) in [6.45, 7) is 3.46. The van der Waals surface area contributed by atoms with Crippen molar-refractivity contribution >= 4 is 80.1 Å². The molecule has 16 nitrogen and oxygen atoms in total. The molecule has 340 valence electrons. The molecule has 2 aromatic carbocycles. The number of hydrogen-bond acceptors (Lipinski definition) is 12. The number of rotatable bonds is 10. The highest BCUT2D eigenvalue weighted by atomic mass is 35.5. The standard InChI is InChI=1S/2C21H17ClF3N7O/c2*1-11(30-20(33)15-6-18-17(8-26-15)29-10-32(18)2)16-7-28-19(9-27-16)31-12-3-4-14(22)13(5-12)21(23,24)25/h2*3-11H,1-2H3,(H,28,31)(H,30,33)/t2*11-/m10/s1. The molecule has 4 N–H and O–H groups in total. The van der Waals surface area contributed by atoms with Crippen molar-refractivity contribution in [2.24, 2.45) is 14.1 Å². The maximum atomic E-state index is 13.0. The lowest BCUT2D eigenvalue weighted by atomic mass is 10.2. The fraction of sp³-hybridized carbons (Fsp3) is 0.190. The Hall–Kier alpha value is -7.46. The lowest BCUT2D eigenvalue weighted by Crippen LogP contribution is -2.28. The van der Waals surface area contributed by atoms with Crippen LogP contribution in [0, 0.1) is 0 Å². The maximum absolute atomic E-state index is 13.0. The Morgan fingerprint density at radius 1 is 0.545 bits per heavy atom. The van der Waals surface area contributed by atoms with Crippen LogP contribution in [0.3, 0.4) is 0 Å². The number of nitrogens with zero attached hydrogens (tertiary/aromatic N) is 10. The number of nitrogens with one attached hydrogen (secondary N) is 4. The van der Waals surface area contributed by atoms with E-state index in [-0.39, 0.29) is 34.4 Å². The Morgan fingerprint density at radius 3 is 1.29 bits per heavy atom. The van der Waals surface area contributed by atoms with E-state index in [1.807, 2.05) is 14.1 Å². The average molecular weight is 952 g/mol. The average Bonchev–Trinajstić information content (AvgIpc) is 3.85. The second-order valence-corrected chi connectivity index (χ2v) is 15.3. The molecule has 0 fully saturated rings. The zero-order valence-corrected chi connectivity index (χ0v) is 36.2. The van der Waals surface area contributed by atoms with E-state index in [1.54, 1.807) is 47.8 Å². The molecule has 24 heteroatoms. The van der Waals surface area contributed by atoms with Gasteiger partial charge in [-0.1, -0.05) is 23.2 Å². The molecular weight excluding hydrogens is 917 g/mol. The quantitative estimate of drug-likeness (QED) is 0.0951. The van der Waals surface area contributed by atoms with Gasteiger partial charge in [-0.25, -0.2) is 29.9 Å². The van der Waals surface area contributed by atoms with Gasteiger partial charge in [-0.2, -0.15) is 26.3 Å². The molecule has 0 spiro atoms. The monoisotopic (exact) mass is 950 g/mol. The Morgan fingerprint density at radius 2 is 0.939 bits per heavy atom. The van der Waals surface area contributed by atoms with Crippen LogP contribution in [-0.2, 0) is 26.4 Å². The fourth-order valence-corrected chi connectivity index (χ4v) is 6.64. The van der Waals surface area contributed by atoms with Crippen LogP contribution < -0.4 is 21.3 Å². The second kappa shape index (κ2) is 18.9. The van der Waals surface area contributed by atoms with Crippen LogP contribution in [0.15, 0.2) is 98.4 Å². The van der Waals surface area contributed by atoms with E-state index in [9.17, 15) is 35.9 Å². The van der Waals surface area contributed by atoms with Crippen molar-refractivity contribution in [1.29, 1.82) is 0 Å². The number of halogens is 8. The largest absolute Gasteiger partial charge is 0.417 e. The molecule has 0 radical (unpaired) electrons. The van der Waals surface area contributed by atoms with Crippen molar-refractivity contribution in [3.63, 3.8) is 0 Å². The van der Waals surface area contributed by atoms with E-state index in [1.165, 1.54) is 49.3 Å². The number of aromatic nitrogens is 10. The zero-order chi connectivity index (χ0) is 47.5. The minimum Gasteiger partial charge on any atom is -0.343 e. The highest BCUT2D eigenvalue weighted by Crippen LogP contribution is 2.38. The first-order chi connectivity index (χ1) is 31.2. The normalized spacial score (nSPS) is 12.5. The number of anilines is 4. The van der Waals surface area contributed by atoms with Crippen molar-refractivity contribution in [1.82, 2.24) is 59.6 Å². The van der Waals surface area contributed by atoms with Gasteiger partial charge in [0, 0.05) is 25.5 Å². The Bertz CT molecular complexity index is 2850. The van der Waals surface area contributed by atoms with Crippen LogP contribution in [0.1, 0.15) is 69.4 Å². The van der Waals surface area contributed by atoms with Gasteiger partial charge in [-0.05, 0) is 62.4 Å². The third-order valence-electron chi connectivity index (χ3n) is 9.70. The second-order valence-electron chi connectivity index (χ2n) is 14.5. The predicted molar refractivity (Wildman–Crippen MR) is 232 cm³/mol. The molecule has 0 bridgehead atoms. The summed E-state index contributed by atoms with van der Waals surface area (Å²) in [4.78, 5) is 58.6. The highest BCUT2D eigenvalue weighted by molar-refractivity contribution is 6.31. The number of imidazole rings is 2. The summed E-state index contributed by atoms with van der Waals surface area (Å²) in [6, 6.07) is 9.22. The van der Waals surface area contributed by atoms with Crippen LogP contribution in [0.25, 0.3) is 22.1 Å². The lowest BCUT2D eigenvalue weighted by Gasteiger charge is -2.14. The Labute approximate surface area is 379 Å².